The molecule has 1 aromatic rings. The number of piperidine rings is 1. The molecule has 3 heterocycles. The van der Waals surface area contributed by atoms with Gasteiger partial charge in [0.15, 0.2) is 0 Å². The van der Waals surface area contributed by atoms with Crippen LogP contribution in [0.3, 0.4) is 0 Å². The third-order valence-corrected chi connectivity index (χ3v) is 7.10. The second-order valence-corrected chi connectivity index (χ2v) is 9.12. The number of nitrogens with zero attached hydrogens (tertiary/aromatic N) is 1. The van der Waals surface area contributed by atoms with Crippen molar-refractivity contribution in [3.8, 4) is 0 Å². The van der Waals surface area contributed by atoms with E-state index in [2.05, 4.69) is 22.0 Å². The number of hydrogen-bond donors (Lipinski definition) is 3. The van der Waals surface area contributed by atoms with Crippen LogP contribution in [0.5, 0.6) is 0 Å². The van der Waals surface area contributed by atoms with Crippen molar-refractivity contribution in [2.24, 2.45) is 5.92 Å². The minimum Gasteiger partial charge on any atom is -0.322 e. The molecule has 1 aliphatic carbocycles. The lowest BCUT2D eigenvalue weighted by Crippen LogP contribution is -2.52. The maximum Gasteiger partial charge on any atom is 0.255 e. The summed E-state index contributed by atoms with van der Waals surface area (Å²) in [4.78, 5) is 38.1. The van der Waals surface area contributed by atoms with Crippen LogP contribution in [0.1, 0.15) is 60.0 Å². The van der Waals surface area contributed by atoms with E-state index in [0.29, 0.717) is 18.5 Å². The van der Waals surface area contributed by atoms with Crippen LogP contribution in [0.4, 0.5) is 0 Å². The standard InChI is InChI=1S/C22H28N4O3/c27-19-6-5-18(20(28)25-19)26-12-16-4-3-14(8-17(16)21(26)29)10-23-13-22-7-1-2-15(9-22)11-24-22/h3-4,8,15,18,23-24H,1-2,5-7,9-13H2,(H,25,27,28)/t15?,18?,22-/m0/s1. The summed E-state index contributed by atoms with van der Waals surface area (Å²) in [6.45, 7) is 3.26. The van der Waals surface area contributed by atoms with Crippen LogP contribution >= 0.6 is 0 Å². The van der Waals surface area contributed by atoms with E-state index >= 15 is 0 Å². The number of carbonyl (C=O) groups excluding carboxylic acids is 3. The number of rotatable bonds is 5. The van der Waals surface area contributed by atoms with Crippen molar-refractivity contribution in [2.75, 3.05) is 13.1 Å². The summed E-state index contributed by atoms with van der Waals surface area (Å²) in [5, 5.41) is 9.67. The summed E-state index contributed by atoms with van der Waals surface area (Å²) >= 11 is 0. The summed E-state index contributed by atoms with van der Waals surface area (Å²) in [6.07, 6.45) is 5.84. The fraction of sp³-hybridized carbons (Fsp3) is 0.591. The fourth-order valence-corrected chi connectivity index (χ4v) is 5.56. The van der Waals surface area contributed by atoms with Gasteiger partial charge in [0.25, 0.3) is 5.91 Å². The van der Waals surface area contributed by atoms with Crippen molar-refractivity contribution in [1.29, 1.82) is 0 Å². The number of hydrogen-bond acceptors (Lipinski definition) is 5. The van der Waals surface area contributed by atoms with Crippen LogP contribution in [0.2, 0.25) is 0 Å². The van der Waals surface area contributed by atoms with Crippen molar-refractivity contribution in [2.45, 2.75) is 63.2 Å². The normalized spacial score (nSPS) is 31.2. The third-order valence-electron chi connectivity index (χ3n) is 7.10. The van der Waals surface area contributed by atoms with E-state index in [1.807, 2.05) is 12.1 Å². The molecule has 0 spiro atoms. The number of fused-ring (bicyclic) bond motifs is 3. The highest BCUT2D eigenvalue weighted by Crippen LogP contribution is 2.37. The molecule has 7 nitrogen and oxygen atoms in total. The molecule has 3 aliphatic heterocycles. The fourth-order valence-electron chi connectivity index (χ4n) is 5.56. The molecule has 3 fully saturated rings. The monoisotopic (exact) mass is 396 g/mol. The van der Waals surface area contributed by atoms with Crippen LogP contribution < -0.4 is 16.0 Å². The smallest absolute Gasteiger partial charge is 0.255 e. The number of amides is 3. The number of nitrogens with one attached hydrogen (secondary N) is 3. The summed E-state index contributed by atoms with van der Waals surface area (Å²) < 4.78 is 0. The van der Waals surface area contributed by atoms with Gasteiger partial charge in [0.2, 0.25) is 11.8 Å². The molecule has 29 heavy (non-hydrogen) atoms. The zero-order chi connectivity index (χ0) is 20.0. The van der Waals surface area contributed by atoms with Gasteiger partial charge in [0, 0.05) is 37.2 Å². The molecule has 5 rings (SSSR count). The maximum atomic E-state index is 12.9. The molecule has 2 saturated heterocycles. The highest BCUT2D eigenvalue weighted by atomic mass is 16.2. The molecule has 1 saturated carbocycles. The van der Waals surface area contributed by atoms with Gasteiger partial charge < -0.3 is 15.5 Å². The average molecular weight is 396 g/mol. The van der Waals surface area contributed by atoms with Gasteiger partial charge >= 0.3 is 0 Å². The number of imide groups is 1. The lowest BCUT2D eigenvalue weighted by atomic mass is 9.80. The Kier molecular flexibility index (Phi) is 4.67. The number of carbonyl (C=O) groups is 3. The summed E-state index contributed by atoms with van der Waals surface area (Å²) in [5.74, 6) is 0.103. The molecule has 1 aromatic carbocycles. The van der Waals surface area contributed by atoms with Gasteiger partial charge in [-0.3, -0.25) is 19.7 Å². The van der Waals surface area contributed by atoms with E-state index < -0.39 is 6.04 Å². The van der Waals surface area contributed by atoms with Gasteiger partial charge in [-0.25, -0.2) is 0 Å². The Morgan fingerprint density at radius 3 is 2.97 bits per heavy atom. The van der Waals surface area contributed by atoms with Crippen LogP contribution in [0.15, 0.2) is 18.2 Å². The van der Waals surface area contributed by atoms with E-state index in [4.69, 9.17) is 0 Å². The third kappa shape index (κ3) is 3.46. The summed E-state index contributed by atoms with van der Waals surface area (Å²) in [7, 11) is 0. The first kappa shape index (κ1) is 18.8. The van der Waals surface area contributed by atoms with E-state index in [-0.39, 0.29) is 29.7 Å². The molecule has 154 valence electrons. The quantitative estimate of drug-likeness (QED) is 0.648. The van der Waals surface area contributed by atoms with Gasteiger partial charge in [-0.1, -0.05) is 18.6 Å². The van der Waals surface area contributed by atoms with Crippen molar-refractivity contribution in [3.05, 3.63) is 34.9 Å². The first-order valence-electron chi connectivity index (χ1n) is 10.8. The lowest BCUT2D eigenvalue weighted by molar-refractivity contribution is -0.136. The number of benzene rings is 1. The molecule has 0 radical (unpaired) electrons. The van der Waals surface area contributed by atoms with E-state index in [1.54, 1.807) is 4.90 Å². The van der Waals surface area contributed by atoms with E-state index in [1.165, 1.54) is 25.7 Å². The predicted molar refractivity (Wildman–Crippen MR) is 107 cm³/mol. The largest absolute Gasteiger partial charge is 0.322 e. The Labute approximate surface area is 170 Å². The second kappa shape index (κ2) is 7.22. The Morgan fingerprint density at radius 2 is 2.10 bits per heavy atom. The molecular weight excluding hydrogens is 368 g/mol. The van der Waals surface area contributed by atoms with Crippen molar-refractivity contribution in [1.82, 2.24) is 20.9 Å². The molecule has 3 atom stereocenters. The molecule has 3 N–H and O–H groups in total. The minimum atomic E-state index is -0.555. The molecule has 0 aromatic heterocycles. The first-order chi connectivity index (χ1) is 14.0. The van der Waals surface area contributed by atoms with Gasteiger partial charge in [-0.05, 0) is 55.3 Å². The molecule has 7 heteroatoms. The topological polar surface area (TPSA) is 90.5 Å². The van der Waals surface area contributed by atoms with Crippen molar-refractivity contribution < 1.29 is 14.4 Å². The summed E-state index contributed by atoms with van der Waals surface area (Å²) in [5.41, 5.74) is 2.97. The van der Waals surface area contributed by atoms with E-state index in [0.717, 1.165) is 36.7 Å². The first-order valence-corrected chi connectivity index (χ1v) is 10.8. The van der Waals surface area contributed by atoms with Crippen LogP contribution in [-0.4, -0.2) is 47.3 Å². The SMILES string of the molecule is O=C1CCC(N2Cc3ccc(CNC[C@@]45CCCC(CN4)C5)cc3C2=O)C(=O)N1. The molecular formula is C22H28N4O3. The lowest BCUT2D eigenvalue weighted by Gasteiger charge is -2.33. The zero-order valence-corrected chi connectivity index (χ0v) is 16.6. The Hall–Kier alpha value is -2.25. The van der Waals surface area contributed by atoms with Crippen LogP contribution in [0.25, 0.3) is 0 Å². The maximum absolute atomic E-state index is 12.9. The van der Waals surface area contributed by atoms with Crippen molar-refractivity contribution >= 4 is 17.7 Å². The van der Waals surface area contributed by atoms with Gasteiger partial charge in [-0.15, -0.1) is 0 Å². The molecule has 2 unspecified atom stereocenters. The Morgan fingerprint density at radius 1 is 1.21 bits per heavy atom. The van der Waals surface area contributed by atoms with Crippen LogP contribution in [-0.2, 0) is 22.7 Å². The molecule has 2 bridgehead atoms. The minimum absolute atomic E-state index is 0.109. The zero-order valence-electron chi connectivity index (χ0n) is 16.6. The highest BCUT2D eigenvalue weighted by molar-refractivity contribution is 6.05. The van der Waals surface area contributed by atoms with Crippen LogP contribution in [0, 0.1) is 5.92 Å². The summed E-state index contributed by atoms with van der Waals surface area (Å²) in [6, 6.07) is 5.47. The Bertz CT molecular complexity index is 866. The Balaban J connectivity index is 1.22. The van der Waals surface area contributed by atoms with Gasteiger partial charge in [-0.2, -0.15) is 0 Å². The van der Waals surface area contributed by atoms with Crippen molar-refractivity contribution in [3.63, 3.8) is 0 Å². The van der Waals surface area contributed by atoms with Gasteiger partial charge in [0.1, 0.15) is 6.04 Å². The molecule has 3 amide bonds. The second-order valence-electron chi connectivity index (χ2n) is 9.12. The molecule has 4 aliphatic rings. The van der Waals surface area contributed by atoms with Gasteiger partial charge in [0.05, 0.1) is 0 Å². The predicted octanol–water partition coefficient (Wildman–Crippen LogP) is 1.07. The van der Waals surface area contributed by atoms with E-state index in [9.17, 15) is 14.4 Å². The highest BCUT2D eigenvalue weighted by Gasteiger charge is 2.41. The average Bonchev–Trinajstić information content (AvgIpc) is 3.18.